The third kappa shape index (κ3) is 3.89. The Balaban J connectivity index is 2.25. The molecule has 4 heteroatoms. The van der Waals surface area contributed by atoms with Crippen molar-refractivity contribution in [3.05, 3.63) is 29.3 Å². The summed E-state index contributed by atoms with van der Waals surface area (Å²) in [6.45, 7) is 4.53. The lowest BCUT2D eigenvalue weighted by molar-refractivity contribution is -0.135. The fourth-order valence-corrected chi connectivity index (χ4v) is 3.58. The minimum absolute atomic E-state index is 0.0322. The first-order valence-corrected chi connectivity index (χ1v) is 7.57. The zero-order chi connectivity index (χ0) is 14.7. The molecule has 1 aromatic carbocycles. The van der Waals surface area contributed by atoms with E-state index in [0.29, 0.717) is 16.9 Å². The third-order valence-electron chi connectivity index (χ3n) is 4.04. The first kappa shape index (κ1) is 15.2. The molecule has 1 aromatic rings. The van der Waals surface area contributed by atoms with Gasteiger partial charge in [-0.3, -0.25) is 4.79 Å². The molecule has 1 N–H and O–H groups in total. The fourth-order valence-electron chi connectivity index (χ4n) is 3.39. The van der Waals surface area contributed by atoms with Crippen molar-refractivity contribution in [2.45, 2.75) is 39.2 Å². The largest absolute Gasteiger partial charge is 0.480 e. The first-order chi connectivity index (χ1) is 9.45. The Labute approximate surface area is 125 Å². The minimum atomic E-state index is -0.796. The molecule has 0 aromatic heterocycles. The van der Waals surface area contributed by atoms with Gasteiger partial charge >= 0.3 is 5.97 Å². The Morgan fingerprint density at radius 3 is 2.50 bits per heavy atom. The fraction of sp³-hybridized carbons (Fsp3) is 0.562. The van der Waals surface area contributed by atoms with E-state index in [-0.39, 0.29) is 12.6 Å². The molecule has 0 heterocycles. The molecule has 1 fully saturated rings. The first-order valence-electron chi connectivity index (χ1n) is 7.19. The Bertz CT molecular complexity index is 467. The SMILES string of the molecule is CC1CC(C)CC(N(CC(=O)O)c2cccc(Cl)c2)C1. The van der Waals surface area contributed by atoms with Gasteiger partial charge in [-0.05, 0) is 49.3 Å². The summed E-state index contributed by atoms with van der Waals surface area (Å²) in [7, 11) is 0. The lowest BCUT2D eigenvalue weighted by Gasteiger charge is -2.39. The second-order valence-corrected chi connectivity index (χ2v) is 6.51. The second kappa shape index (κ2) is 6.49. The Morgan fingerprint density at radius 2 is 1.95 bits per heavy atom. The number of carbonyl (C=O) groups is 1. The van der Waals surface area contributed by atoms with Gasteiger partial charge in [0.2, 0.25) is 0 Å². The molecular weight excluding hydrogens is 274 g/mol. The Morgan fingerprint density at radius 1 is 1.30 bits per heavy atom. The standard InChI is InChI=1S/C16H22ClNO2/c1-11-6-12(2)8-15(7-11)18(10-16(19)20)14-5-3-4-13(17)9-14/h3-5,9,11-12,15H,6-8,10H2,1-2H3,(H,19,20). The zero-order valence-electron chi connectivity index (χ0n) is 12.1. The molecule has 1 saturated carbocycles. The van der Waals surface area contributed by atoms with E-state index in [0.717, 1.165) is 18.5 Å². The molecule has 110 valence electrons. The lowest BCUT2D eigenvalue weighted by atomic mass is 9.79. The van der Waals surface area contributed by atoms with Crippen LogP contribution >= 0.6 is 11.6 Å². The highest BCUT2D eigenvalue weighted by molar-refractivity contribution is 6.30. The predicted molar refractivity (Wildman–Crippen MR) is 82.4 cm³/mol. The Hall–Kier alpha value is -1.22. The molecule has 0 amide bonds. The van der Waals surface area contributed by atoms with Crippen LogP contribution in [0.25, 0.3) is 0 Å². The molecule has 2 unspecified atom stereocenters. The van der Waals surface area contributed by atoms with Crippen molar-refractivity contribution in [1.82, 2.24) is 0 Å². The minimum Gasteiger partial charge on any atom is -0.480 e. The van der Waals surface area contributed by atoms with Crippen molar-refractivity contribution < 1.29 is 9.90 Å². The van der Waals surface area contributed by atoms with Gasteiger partial charge in [0.1, 0.15) is 6.54 Å². The van der Waals surface area contributed by atoms with Gasteiger partial charge in [0, 0.05) is 16.8 Å². The van der Waals surface area contributed by atoms with Gasteiger partial charge in [0.15, 0.2) is 0 Å². The highest BCUT2D eigenvalue weighted by Crippen LogP contribution is 2.34. The van der Waals surface area contributed by atoms with Gasteiger partial charge in [-0.1, -0.05) is 31.5 Å². The van der Waals surface area contributed by atoms with Crippen LogP contribution in [0.3, 0.4) is 0 Å². The number of nitrogens with zero attached hydrogens (tertiary/aromatic N) is 1. The van der Waals surface area contributed by atoms with E-state index in [4.69, 9.17) is 11.6 Å². The topological polar surface area (TPSA) is 40.5 Å². The van der Waals surface area contributed by atoms with Crippen LogP contribution < -0.4 is 4.90 Å². The zero-order valence-corrected chi connectivity index (χ0v) is 12.8. The van der Waals surface area contributed by atoms with Crippen molar-refractivity contribution in [3.8, 4) is 0 Å². The smallest absolute Gasteiger partial charge is 0.323 e. The van der Waals surface area contributed by atoms with E-state index in [2.05, 4.69) is 13.8 Å². The highest BCUT2D eigenvalue weighted by atomic mass is 35.5. The van der Waals surface area contributed by atoms with E-state index in [1.807, 2.05) is 29.2 Å². The summed E-state index contributed by atoms with van der Waals surface area (Å²) in [5.41, 5.74) is 0.909. The van der Waals surface area contributed by atoms with Crippen LogP contribution in [0.4, 0.5) is 5.69 Å². The predicted octanol–water partition coefficient (Wildman–Crippen LogP) is 4.06. The lowest BCUT2D eigenvalue weighted by Crippen LogP contribution is -2.43. The number of hydrogen-bond donors (Lipinski definition) is 1. The molecule has 0 bridgehead atoms. The molecule has 0 aliphatic heterocycles. The van der Waals surface area contributed by atoms with Crippen LogP contribution in [0.2, 0.25) is 5.02 Å². The average Bonchev–Trinajstić information content (AvgIpc) is 2.34. The number of halogens is 1. The molecule has 20 heavy (non-hydrogen) atoms. The summed E-state index contributed by atoms with van der Waals surface area (Å²) < 4.78 is 0. The summed E-state index contributed by atoms with van der Waals surface area (Å²) in [6.07, 6.45) is 3.32. The van der Waals surface area contributed by atoms with Crippen LogP contribution in [-0.2, 0) is 4.79 Å². The molecular formula is C16H22ClNO2. The second-order valence-electron chi connectivity index (χ2n) is 6.07. The van der Waals surface area contributed by atoms with Crippen LogP contribution in [-0.4, -0.2) is 23.7 Å². The maximum absolute atomic E-state index is 11.2. The molecule has 0 radical (unpaired) electrons. The summed E-state index contributed by atoms with van der Waals surface area (Å²) >= 11 is 6.05. The van der Waals surface area contributed by atoms with Gasteiger partial charge in [-0.15, -0.1) is 0 Å². The summed E-state index contributed by atoms with van der Waals surface area (Å²) in [5, 5.41) is 9.85. The molecule has 3 nitrogen and oxygen atoms in total. The third-order valence-corrected chi connectivity index (χ3v) is 4.27. The van der Waals surface area contributed by atoms with E-state index < -0.39 is 5.97 Å². The monoisotopic (exact) mass is 295 g/mol. The van der Waals surface area contributed by atoms with Crippen molar-refractivity contribution in [3.63, 3.8) is 0 Å². The molecule has 2 rings (SSSR count). The normalized spacial score (nSPS) is 26.2. The van der Waals surface area contributed by atoms with E-state index >= 15 is 0 Å². The molecule has 1 aliphatic rings. The van der Waals surface area contributed by atoms with Crippen LogP contribution in [0, 0.1) is 11.8 Å². The number of hydrogen-bond acceptors (Lipinski definition) is 2. The maximum atomic E-state index is 11.2. The number of aliphatic carboxylic acids is 1. The van der Waals surface area contributed by atoms with E-state index in [1.165, 1.54) is 6.42 Å². The summed E-state index contributed by atoms with van der Waals surface area (Å²) in [6, 6.07) is 7.77. The van der Waals surface area contributed by atoms with Gasteiger partial charge in [0.05, 0.1) is 0 Å². The number of benzene rings is 1. The van der Waals surface area contributed by atoms with Gasteiger partial charge < -0.3 is 10.0 Å². The quantitative estimate of drug-likeness (QED) is 0.911. The van der Waals surface area contributed by atoms with Crippen molar-refractivity contribution in [2.24, 2.45) is 11.8 Å². The molecule has 1 aliphatic carbocycles. The van der Waals surface area contributed by atoms with Crippen LogP contribution in [0.1, 0.15) is 33.1 Å². The molecule has 0 saturated heterocycles. The maximum Gasteiger partial charge on any atom is 0.323 e. The number of rotatable bonds is 4. The van der Waals surface area contributed by atoms with E-state index in [9.17, 15) is 9.90 Å². The number of carboxylic acid groups (broad SMARTS) is 1. The van der Waals surface area contributed by atoms with Gasteiger partial charge in [-0.25, -0.2) is 0 Å². The summed E-state index contributed by atoms with van der Waals surface area (Å²) in [5.74, 6) is 0.481. The van der Waals surface area contributed by atoms with Crippen molar-refractivity contribution in [2.75, 3.05) is 11.4 Å². The average molecular weight is 296 g/mol. The molecule has 0 spiro atoms. The summed E-state index contributed by atoms with van der Waals surface area (Å²) in [4.78, 5) is 13.2. The Kier molecular flexibility index (Phi) is 4.92. The highest BCUT2D eigenvalue weighted by Gasteiger charge is 2.29. The van der Waals surface area contributed by atoms with Gasteiger partial charge in [0.25, 0.3) is 0 Å². The van der Waals surface area contributed by atoms with Crippen LogP contribution in [0.5, 0.6) is 0 Å². The van der Waals surface area contributed by atoms with Crippen LogP contribution in [0.15, 0.2) is 24.3 Å². The van der Waals surface area contributed by atoms with Gasteiger partial charge in [-0.2, -0.15) is 0 Å². The van der Waals surface area contributed by atoms with E-state index in [1.54, 1.807) is 0 Å². The number of anilines is 1. The molecule has 2 atom stereocenters. The number of carboxylic acids is 1. The van der Waals surface area contributed by atoms with Crippen molar-refractivity contribution >= 4 is 23.3 Å². The van der Waals surface area contributed by atoms with Crippen molar-refractivity contribution in [1.29, 1.82) is 0 Å².